The quantitative estimate of drug-likeness (QED) is 0.211. The Kier molecular flexibility index (Phi) is 6.30. The minimum atomic E-state index is -4.83. The van der Waals surface area contributed by atoms with Crippen molar-refractivity contribution < 1.29 is 35.9 Å². The van der Waals surface area contributed by atoms with Crippen LogP contribution in [-0.2, 0) is 17.5 Å². The van der Waals surface area contributed by atoms with E-state index >= 15 is 0 Å². The van der Waals surface area contributed by atoms with E-state index in [1.165, 1.54) is 30.5 Å². The van der Waals surface area contributed by atoms with E-state index < -0.39 is 30.7 Å². The van der Waals surface area contributed by atoms with Gasteiger partial charge in [-0.25, -0.2) is 0 Å². The maximum absolute atomic E-state index is 15.0. The van der Waals surface area contributed by atoms with Gasteiger partial charge in [0, 0.05) is 17.8 Å². The Balaban J connectivity index is 1.35. The monoisotopic (exact) mass is 536 g/mol. The number of nitrogens with zero attached hydrogens (tertiary/aromatic N) is 4. The van der Waals surface area contributed by atoms with Gasteiger partial charge in [-0.15, -0.1) is 23.4 Å². The summed E-state index contributed by atoms with van der Waals surface area (Å²) in [5.41, 5.74) is 1.63. The normalized spacial score (nSPS) is 12.3. The highest BCUT2D eigenvalue weighted by atomic mass is 35.5. The standard InChI is InChI=1S/C24H14ClF5N4O3/c25-19-4-2-1-3-18(19)20-11-16(33-37-20)13-35-23(26,27)22-32-31-21-10-7-15(12-34(21)22)14-5-8-17(9-6-14)36-24(28,29)30/h1-12H,13H2. The zero-order valence-electron chi connectivity index (χ0n) is 18.4. The highest BCUT2D eigenvalue weighted by molar-refractivity contribution is 6.33. The zero-order valence-corrected chi connectivity index (χ0v) is 19.2. The first-order valence-electron chi connectivity index (χ1n) is 10.5. The fraction of sp³-hybridized carbons (Fsp3) is 0.125. The van der Waals surface area contributed by atoms with E-state index in [2.05, 4.69) is 20.1 Å². The number of aromatic nitrogens is 4. The van der Waals surface area contributed by atoms with Crippen LogP contribution in [0.2, 0.25) is 5.02 Å². The number of ether oxygens (including phenoxy) is 2. The highest BCUT2D eigenvalue weighted by Gasteiger charge is 2.39. The van der Waals surface area contributed by atoms with Crippen LogP contribution >= 0.6 is 11.6 Å². The third-order valence-electron chi connectivity index (χ3n) is 5.18. The van der Waals surface area contributed by atoms with Gasteiger partial charge in [0.15, 0.2) is 11.4 Å². The molecule has 0 aliphatic rings. The predicted molar refractivity (Wildman–Crippen MR) is 121 cm³/mol. The Morgan fingerprint density at radius 1 is 0.892 bits per heavy atom. The second-order valence-electron chi connectivity index (χ2n) is 7.71. The zero-order chi connectivity index (χ0) is 26.2. The molecule has 5 rings (SSSR count). The molecule has 0 bridgehead atoms. The van der Waals surface area contributed by atoms with Gasteiger partial charge in [0.1, 0.15) is 11.4 Å². The van der Waals surface area contributed by atoms with Gasteiger partial charge in [0.05, 0.1) is 11.6 Å². The van der Waals surface area contributed by atoms with Crippen LogP contribution in [0.5, 0.6) is 5.75 Å². The molecule has 5 aromatic rings. The molecule has 0 aliphatic carbocycles. The fourth-order valence-corrected chi connectivity index (χ4v) is 3.73. The highest BCUT2D eigenvalue weighted by Crippen LogP contribution is 2.33. The summed E-state index contributed by atoms with van der Waals surface area (Å²) in [7, 11) is 0. The molecule has 3 heterocycles. The Morgan fingerprint density at radius 3 is 2.35 bits per heavy atom. The molecule has 0 amide bonds. The molecule has 0 radical (unpaired) electrons. The lowest BCUT2D eigenvalue weighted by Crippen LogP contribution is -2.21. The molecular formula is C24H14ClF5N4O3. The van der Waals surface area contributed by atoms with Crippen molar-refractivity contribution in [1.29, 1.82) is 0 Å². The molecule has 7 nitrogen and oxygen atoms in total. The smallest absolute Gasteiger partial charge is 0.406 e. The van der Waals surface area contributed by atoms with E-state index in [0.717, 1.165) is 16.5 Å². The van der Waals surface area contributed by atoms with E-state index in [4.69, 9.17) is 20.9 Å². The number of hydrogen-bond donors (Lipinski definition) is 0. The number of benzene rings is 2. The van der Waals surface area contributed by atoms with Crippen LogP contribution in [0, 0.1) is 0 Å². The molecule has 0 unspecified atom stereocenters. The molecule has 0 atom stereocenters. The van der Waals surface area contributed by atoms with Crippen molar-refractivity contribution in [2.75, 3.05) is 0 Å². The van der Waals surface area contributed by atoms with Crippen LogP contribution in [0.4, 0.5) is 22.0 Å². The second kappa shape index (κ2) is 9.45. The Morgan fingerprint density at radius 2 is 1.62 bits per heavy atom. The van der Waals surface area contributed by atoms with Crippen molar-refractivity contribution in [1.82, 2.24) is 19.8 Å². The van der Waals surface area contributed by atoms with Crippen molar-refractivity contribution in [3.05, 3.63) is 89.5 Å². The number of halogens is 6. The number of alkyl halides is 5. The summed E-state index contributed by atoms with van der Waals surface area (Å²) in [6.07, 6.45) is -7.37. The van der Waals surface area contributed by atoms with Crippen molar-refractivity contribution in [2.45, 2.75) is 19.1 Å². The fourth-order valence-electron chi connectivity index (χ4n) is 3.51. The van der Waals surface area contributed by atoms with E-state index in [9.17, 15) is 22.0 Å². The van der Waals surface area contributed by atoms with Crippen LogP contribution in [0.3, 0.4) is 0 Å². The van der Waals surface area contributed by atoms with Crippen LogP contribution in [0.1, 0.15) is 11.5 Å². The number of pyridine rings is 1. The molecule has 0 N–H and O–H groups in total. The van der Waals surface area contributed by atoms with Gasteiger partial charge in [-0.1, -0.05) is 41.0 Å². The van der Waals surface area contributed by atoms with Crippen molar-refractivity contribution >= 4 is 17.2 Å². The van der Waals surface area contributed by atoms with Gasteiger partial charge in [0.2, 0.25) is 5.82 Å². The second-order valence-corrected chi connectivity index (χ2v) is 8.12. The van der Waals surface area contributed by atoms with Crippen molar-refractivity contribution in [2.24, 2.45) is 0 Å². The van der Waals surface area contributed by atoms with Crippen LogP contribution in [-0.4, -0.2) is 26.1 Å². The summed E-state index contributed by atoms with van der Waals surface area (Å²) in [5.74, 6) is -0.916. The average molecular weight is 537 g/mol. The van der Waals surface area contributed by atoms with Gasteiger partial charge in [0.25, 0.3) is 0 Å². The molecule has 2 aromatic carbocycles. The minimum Gasteiger partial charge on any atom is -0.406 e. The molecule has 0 saturated heterocycles. The maximum Gasteiger partial charge on any atom is 0.573 e. The lowest BCUT2D eigenvalue weighted by molar-refractivity contribution is -0.274. The topological polar surface area (TPSA) is 74.7 Å². The summed E-state index contributed by atoms with van der Waals surface area (Å²) < 4.78 is 82.1. The van der Waals surface area contributed by atoms with Crippen molar-refractivity contribution in [3.8, 4) is 28.2 Å². The van der Waals surface area contributed by atoms with Crippen LogP contribution < -0.4 is 4.74 Å². The number of hydrogen-bond acceptors (Lipinski definition) is 6. The van der Waals surface area contributed by atoms with Crippen LogP contribution in [0.15, 0.2) is 77.4 Å². The van der Waals surface area contributed by atoms with E-state index in [0.29, 0.717) is 21.7 Å². The SMILES string of the molecule is FC(F)(F)Oc1ccc(-c2ccc3nnc(C(F)(F)OCc4cc(-c5ccccc5Cl)on4)n3c2)cc1. The molecule has 0 aliphatic heterocycles. The third kappa shape index (κ3) is 5.39. The Labute approximate surface area is 210 Å². The summed E-state index contributed by atoms with van der Waals surface area (Å²) in [6.45, 7) is -0.601. The molecule has 0 saturated carbocycles. The van der Waals surface area contributed by atoms with E-state index in [-0.39, 0.29) is 17.1 Å². The van der Waals surface area contributed by atoms with Crippen molar-refractivity contribution in [3.63, 3.8) is 0 Å². The number of fused-ring (bicyclic) bond motifs is 1. The largest absolute Gasteiger partial charge is 0.573 e. The first-order chi connectivity index (χ1) is 17.6. The molecule has 0 spiro atoms. The third-order valence-corrected chi connectivity index (χ3v) is 5.51. The summed E-state index contributed by atoms with van der Waals surface area (Å²) in [6, 6.07) is 16.2. The van der Waals surface area contributed by atoms with Gasteiger partial charge in [-0.2, -0.15) is 8.78 Å². The average Bonchev–Trinajstić information content (AvgIpc) is 3.50. The predicted octanol–water partition coefficient (Wildman–Crippen LogP) is 6.87. The number of rotatable bonds is 7. The molecule has 13 heteroatoms. The lowest BCUT2D eigenvalue weighted by Gasteiger charge is -2.14. The lowest BCUT2D eigenvalue weighted by atomic mass is 10.1. The van der Waals surface area contributed by atoms with Gasteiger partial charge < -0.3 is 14.0 Å². The molecule has 0 fully saturated rings. The Hall–Kier alpha value is -4.03. The van der Waals surface area contributed by atoms with Gasteiger partial charge >= 0.3 is 12.5 Å². The van der Waals surface area contributed by atoms with Crippen LogP contribution in [0.25, 0.3) is 28.1 Å². The summed E-state index contributed by atoms with van der Waals surface area (Å²) >= 11 is 6.12. The molecule has 37 heavy (non-hydrogen) atoms. The summed E-state index contributed by atoms with van der Waals surface area (Å²) in [5, 5.41) is 11.5. The molecule has 3 aromatic heterocycles. The van der Waals surface area contributed by atoms with E-state index in [1.54, 1.807) is 30.3 Å². The first-order valence-corrected chi connectivity index (χ1v) is 10.9. The molecular weight excluding hydrogens is 523 g/mol. The maximum atomic E-state index is 15.0. The van der Waals surface area contributed by atoms with Gasteiger partial charge in [-0.05, 0) is 47.5 Å². The Bertz CT molecular complexity index is 1550. The minimum absolute atomic E-state index is 0.102. The van der Waals surface area contributed by atoms with E-state index in [1.807, 2.05) is 0 Å². The van der Waals surface area contributed by atoms with Gasteiger partial charge in [-0.3, -0.25) is 4.40 Å². The first kappa shape index (κ1) is 24.7. The summed E-state index contributed by atoms with van der Waals surface area (Å²) in [4.78, 5) is 0. The molecule has 190 valence electrons.